The van der Waals surface area contributed by atoms with Crippen LogP contribution in [0, 0.1) is 0 Å². The summed E-state index contributed by atoms with van der Waals surface area (Å²) in [5, 5.41) is 4.55. The quantitative estimate of drug-likeness (QED) is 0.452. The first kappa shape index (κ1) is 20.8. The van der Waals surface area contributed by atoms with Gasteiger partial charge in [0.2, 0.25) is 0 Å². The fourth-order valence-corrected chi connectivity index (χ4v) is 3.19. The van der Waals surface area contributed by atoms with Crippen LogP contribution in [-0.4, -0.2) is 21.7 Å². The Balaban J connectivity index is 1.51. The number of hydrogen-bond donors (Lipinski definition) is 1. The highest BCUT2D eigenvalue weighted by Gasteiger charge is 2.17. The highest BCUT2D eigenvalue weighted by molar-refractivity contribution is 6.04. The molecule has 0 aliphatic carbocycles. The Kier molecular flexibility index (Phi) is 5.94. The molecule has 0 atom stereocenters. The highest BCUT2D eigenvalue weighted by Crippen LogP contribution is 2.25. The third-order valence-corrected chi connectivity index (χ3v) is 4.71. The number of fused-ring (bicyclic) bond motifs is 1. The van der Waals surface area contributed by atoms with Gasteiger partial charge in [0.15, 0.2) is 5.69 Å². The summed E-state index contributed by atoms with van der Waals surface area (Å²) in [5.74, 6) is -0.296. The van der Waals surface area contributed by atoms with Crippen LogP contribution in [0.1, 0.15) is 16.1 Å². The maximum atomic E-state index is 12.7. The summed E-state index contributed by atoms with van der Waals surface area (Å²) in [6.07, 6.45) is 0. The largest absolute Gasteiger partial charge is 0.459 e. The molecular weight excluding hydrogens is 410 g/mol. The molecule has 3 aromatic carbocycles. The summed E-state index contributed by atoms with van der Waals surface area (Å²) >= 11 is 0. The molecule has 0 bridgehead atoms. The number of hydrogen-bond acceptors (Lipinski definition) is 6. The van der Waals surface area contributed by atoms with Gasteiger partial charge < -0.3 is 15.2 Å². The van der Waals surface area contributed by atoms with Crippen LogP contribution in [0.2, 0.25) is 0 Å². The number of nitrogens with zero attached hydrogens (tertiary/aromatic N) is 2. The van der Waals surface area contributed by atoms with Crippen LogP contribution in [0.25, 0.3) is 10.8 Å². The first-order chi connectivity index (χ1) is 15.5. The molecule has 4 aromatic rings. The van der Waals surface area contributed by atoms with E-state index in [1.165, 1.54) is 0 Å². The van der Waals surface area contributed by atoms with Crippen LogP contribution >= 0.6 is 0 Å². The topological polar surface area (TPSA) is 114 Å². The lowest BCUT2D eigenvalue weighted by atomic mass is 10.1. The van der Waals surface area contributed by atoms with Crippen molar-refractivity contribution >= 4 is 22.6 Å². The Morgan fingerprint density at radius 2 is 1.53 bits per heavy atom. The predicted molar refractivity (Wildman–Crippen MR) is 117 cm³/mol. The van der Waals surface area contributed by atoms with Crippen molar-refractivity contribution in [2.24, 2.45) is 5.73 Å². The third-order valence-electron chi connectivity index (χ3n) is 4.71. The zero-order valence-electron chi connectivity index (χ0n) is 16.9. The summed E-state index contributed by atoms with van der Waals surface area (Å²) in [6, 6.07) is 22.8. The van der Waals surface area contributed by atoms with E-state index in [4.69, 9.17) is 15.2 Å². The van der Waals surface area contributed by atoms with E-state index in [0.29, 0.717) is 22.4 Å². The molecule has 0 unspecified atom stereocenters. The lowest BCUT2D eigenvalue weighted by Gasteiger charge is -2.12. The summed E-state index contributed by atoms with van der Waals surface area (Å²) in [4.78, 5) is 36.9. The lowest BCUT2D eigenvalue weighted by Crippen LogP contribution is -2.31. The molecule has 0 saturated heterocycles. The standard InChI is InChI=1S/C24H19N3O5/c25-23(29)22-18-11-5-6-12-19(18)24(30)27(26-22)14-21(28)31-15-16-8-4-7-13-20(16)32-17-9-2-1-3-10-17/h1-13H,14-15H2,(H2,25,29). The van der Waals surface area contributed by atoms with E-state index in [0.717, 1.165) is 4.68 Å². The van der Waals surface area contributed by atoms with Gasteiger partial charge in [0.25, 0.3) is 11.5 Å². The molecule has 160 valence electrons. The van der Waals surface area contributed by atoms with Crippen molar-refractivity contribution in [2.45, 2.75) is 13.2 Å². The fourth-order valence-electron chi connectivity index (χ4n) is 3.19. The molecular formula is C24H19N3O5. The number of carbonyl (C=O) groups excluding carboxylic acids is 2. The maximum Gasteiger partial charge on any atom is 0.328 e. The molecule has 4 rings (SSSR count). The summed E-state index contributed by atoms with van der Waals surface area (Å²) < 4.78 is 12.1. The van der Waals surface area contributed by atoms with Gasteiger partial charge in [-0.25, -0.2) is 4.68 Å². The van der Waals surface area contributed by atoms with Crippen molar-refractivity contribution in [3.05, 3.63) is 100 Å². The fraction of sp³-hybridized carbons (Fsp3) is 0.0833. The number of amides is 1. The number of nitrogens with two attached hydrogens (primary N) is 1. The molecule has 8 heteroatoms. The van der Waals surface area contributed by atoms with Crippen molar-refractivity contribution in [3.8, 4) is 11.5 Å². The highest BCUT2D eigenvalue weighted by atomic mass is 16.5. The van der Waals surface area contributed by atoms with Crippen LogP contribution in [0.3, 0.4) is 0 Å². The van der Waals surface area contributed by atoms with E-state index < -0.39 is 24.0 Å². The van der Waals surface area contributed by atoms with Crippen LogP contribution in [0.15, 0.2) is 83.7 Å². The molecule has 0 radical (unpaired) electrons. The SMILES string of the molecule is NC(=O)c1nn(CC(=O)OCc2ccccc2Oc2ccccc2)c(=O)c2ccccc12. The lowest BCUT2D eigenvalue weighted by molar-refractivity contribution is -0.146. The Bertz CT molecular complexity index is 1350. The van der Waals surface area contributed by atoms with Gasteiger partial charge in [0.05, 0.1) is 5.39 Å². The second-order valence-corrected chi connectivity index (χ2v) is 6.90. The van der Waals surface area contributed by atoms with Gasteiger partial charge in [-0.1, -0.05) is 54.6 Å². The van der Waals surface area contributed by atoms with Crippen molar-refractivity contribution in [1.29, 1.82) is 0 Å². The third kappa shape index (κ3) is 4.49. The van der Waals surface area contributed by atoms with Crippen molar-refractivity contribution in [3.63, 3.8) is 0 Å². The molecule has 1 aromatic heterocycles. The molecule has 32 heavy (non-hydrogen) atoms. The van der Waals surface area contributed by atoms with E-state index in [2.05, 4.69) is 5.10 Å². The zero-order chi connectivity index (χ0) is 22.5. The number of carbonyl (C=O) groups is 2. The van der Waals surface area contributed by atoms with Crippen molar-refractivity contribution < 1.29 is 19.1 Å². The Morgan fingerprint density at radius 3 is 2.28 bits per heavy atom. The second-order valence-electron chi connectivity index (χ2n) is 6.90. The Morgan fingerprint density at radius 1 is 0.875 bits per heavy atom. The van der Waals surface area contributed by atoms with Gasteiger partial charge in [-0.05, 0) is 24.3 Å². The monoisotopic (exact) mass is 429 g/mol. The average molecular weight is 429 g/mol. The average Bonchev–Trinajstić information content (AvgIpc) is 2.81. The number of aromatic nitrogens is 2. The minimum atomic E-state index is -0.796. The van der Waals surface area contributed by atoms with Crippen LogP contribution in [-0.2, 0) is 22.7 Å². The van der Waals surface area contributed by atoms with E-state index in [1.54, 1.807) is 42.5 Å². The van der Waals surface area contributed by atoms with Crippen LogP contribution < -0.4 is 16.0 Å². The molecule has 1 heterocycles. The number of esters is 1. The minimum absolute atomic E-state index is 0.0627. The summed E-state index contributed by atoms with van der Waals surface area (Å²) in [6.45, 7) is -0.529. The summed E-state index contributed by atoms with van der Waals surface area (Å²) in [7, 11) is 0. The first-order valence-corrected chi connectivity index (χ1v) is 9.79. The Labute approximate surface area is 182 Å². The van der Waals surface area contributed by atoms with Crippen molar-refractivity contribution in [2.75, 3.05) is 0 Å². The van der Waals surface area contributed by atoms with Gasteiger partial charge >= 0.3 is 5.97 Å². The predicted octanol–water partition coefficient (Wildman–Crippen LogP) is 3.03. The first-order valence-electron chi connectivity index (χ1n) is 9.79. The summed E-state index contributed by atoms with van der Waals surface area (Å²) in [5.41, 5.74) is 5.44. The smallest absolute Gasteiger partial charge is 0.328 e. The molecule has 8 nitrogen and oxygen atoms in total. The molecule has 1 amide bonds. The van der Waals surface area contributed by atoms with Crippen LogP contribution in [0.5, 0.6) is 11.5 Å². The molecule has 2 N–H and O–H groups in total. The number of primary amides is 1. The van der Waals surface area contributed by atoms with Gasteiger partial charge in [-0.15, -0.1) is 0 Å². The maximum absolute atomic E-state index is 12.7. The second kappa shape index (κ2) is 9.13. The van der Waals surface area contributed by atoms with Crippen molar-refractivity contribution in [1.82, 2.24) is 9.78 Å². The molecule has 0 spiro atoms. The van der Waals surface area contributed by atoms with Gasteiger partial charge in [0.1, 0.15) is 24.7 Å². The Hall–Kier alpha value is -4.46. The van der Waals surface area contributed by atoms with E-state index in [-0.39, 0.29) is 17.7 Å². The molecule has 0 fully saturated rings. The number of benzene rings is 3. The number of para-hydroxylation sites is 2. The molecule has 0 aliphatic rings. The van der Waals surface area contributed by atoms with Gasteiger partial charge in [-0.2, -0.15) is 5.10 Å². The minimum Gasteiger partial charge on any atom is -0.459 e. The molecule has 0 saturated carbocycles. The van der Waals surface area contributed by atoms with E-state index in [1.807, 2.05) is 36.4 Å². The van der Waals surface area contributed by atoms with Gasteiger partial charge in [0, 0.05) is 10.9 Å². The number of ether oxygens (including phenoxy) is 2. The van der Waals surface area contributed by atoms with E-state index >= 15 is 0 Å². The zero-order valence-corrected chi connectivity index (χ0v) is 16.9. The van der Waals surface area contributed by atoms with Gasteiger partial charge in [-0.3, -0.25) is 14.4 Å². The van der Waals surface area contributed by atoms with Crippen LogP contribution in [0.4, 0.5) is 0 Å². The van der Waals surface area contributed by atoms with E-state index in [9.17, 15) is 14.4 Å². The number of rotatable bonds is 7. The molecule has 0 aliphatic heterocycles. The normalized spacial score (nSPS) is 10.6.